The second-order valence-electron chi connectivity index (χ2n) is 7.63. The fraction of sp³-hybridized carbons (Fsp3) is 0.333. The summed E-state index contributed by atoms with van der Waals surface area (Å²) in [5.41, 5.74) is 1.58. The topological polar surface area (TPSA) is 90.9 Å². The highest BCUT2D eigenvalue weighted by atomic mass is 32.2. The Morgan fingerprint density at radius 2 is 1.29 bits per heavy atom. The fourth-order valence-electron chi connectivity index (χ4n) is 3.47. The van der Waals surface area contributed by atoms with E-state index in [1.54, 1.807) is 38.5 Å². The van der Waals surface area contributed by atoms with Crippen molar-refractivity contribution in [1.82, 2.24) is 14.3 Å². The van der Waals surface area contributed by atoms with E-state index in [4.69, 9.17) is 14.2 Å². The van der Waals surface area contributed by atoms with Crippen LogP contribution in [-0.4, -0.2) is 49.3 Å². The van der Waals surface area contributed by atoms with Crippen molar-refractivity contribution in [3.8, 4) is 11.5 Å². The van der Waals surface area contributed by atoms with Crippen LogP contribution in [-0.2, 0) is 27.8 Å². The zero-order valence-corrected chi connectivity index (χ0v) is 20.3. The lowest BCUT2D eigenvalue weighted by Crippen LogP contribution is -2.40. The Balaban J connectivity index is 1.94. The van der Waals surface area contributed by atoms with Gasteiger partial charge in [-0.2, -0.15) is 4.31 Å². The molecular formula is C24H28FN3O5S. The predicted octanol–water partition coefficient (Wildman–Crippen LogP) is 3.74. The Morgan fingerprint density at radius 3 is 1.68 bits per heavy atom. The van der Waals surface area contributed by atoms with Crippen molar-refractivity contribution in [2.24, 2.45) is 0 Å². The minimum atomic E-state index is -3.93. The van der Waals surface area contributed by atoms with Gasteiger partial charge < -0.3 is 14.2 Å². The first-order valence-corrected chi connectivity index (χ1v) is 12.0. The lowest BCUT2D eigenvalue weighted by atomic mass is 10.2. The van der Waals surface area contributed by atoms with Crippen molar-refractivity contribution in [3.05, 3.63) is 83.7 Å². The van der Waals surface area contributed by atoms with E-state index in [1.165, 1.54) is 18.3 Å². The number of aromatic nitrogens is 2. The Hall–Kier alpha value is -3.08. The summed E-state index contributed by atoms with van der Waals surface area (Å²) in [6.45, 7) is 1.79. The van der Waals surface area contributed by atoms with Gasteiger partial charge in [-0.25, -0.2) is 22.8 Å². The maximum absolute atomic E-state index is 13.8. The van der Waals surface area contributed by atoms with Gasteiger partial charge in [-0.05, 0) is 42.3 Å². The van der Waals surface area contributed by atoms with E-state index in [0.29, 0.717) is 11.5 Å². The van der Waals surface area contributed by atoms with Crippen molar-refractivity contribution in [2.45, 2.75) is 31.4 Å². The number of ether oxygens (including phenoxy) is 3. The fourth-order valence-corrected chi connectivity index (χ4v) is 5.15. The van der Waals surface area contributed by atoms with Crippen LogP contribution in [0.15, 0.2) is 60.9 Å². The van der Waals surface area contributed by atoms with Gasteiger partial charge in [-0.15, -0.1) is 0 Å². The highest BCUT2D eigenvalue weighted by Crippen LogP contribution is 2.28. The zero-order chi connectivity index (χ0) is 24.7. The van der Waals surface area contributed by atoms with Gasteiger partial charge in [0.05, 0.1) is 26.6 Å². The molecule has 0 saturated heterocycles. The van der Waals surface area contributed by atoms with Crippen LogP contribution in [0.4, 0.5) is 4.39 Å². The van der Waals surface area contributed by atoms with E-state index in [1.807, 2.05) is 24.3 Å². The molecule has 10 heteroatoms. The van der Waals surface area contributed by atoms with Crippen LogP contribution in [0.5, 0.6) is 11.5 Å². The number of rotatable bonds is 11. The molecule has 182 valence electrons. The van der Waals surface area contributed by atoms with Crippen molar-refractivity contribution >= 4 is 10.0 Å². The second-order valence-corrected chi connectivity index (χ2v) is 9.92. The van der Waals surface area contributed by atoms with Crippen LogP contribution in [0.2, 0.25) is 0 Å². The van der Waals surface area contributed by atoms with Gasteiger partial charge in [0.1, 0.15) is 22.9 Å². The van der Waals surface area contributed by atoms with Gasteiger partial charge in [0.2, 0.25) is 10.0 Å². The molecule has 0 unspecified atom stereocenters. The van der Waals surface area contributed by atoms with Gasteiger partial charge in [0.15, 0.2) is 11.6 Å². The van der Waals surface area contributed by atoms with Crippen LogP contribution in [0, 0.1) is 5.82 Å². The largest absolute Gasteiger partial charge is 0.497 e. The van der Waals surface area contributed by atoms with E-state index in [2.05, 4.69) is 9.97 Å². The smallest absolute Gasteiger partial charge is 0.220 e. The second kappa shape index (κ2) is 11.4. The summed E-state index contributed by atoms with van der Waals surface area (Å²) in [5, 5.41) is -1.04. The highest BCUT2D eigenvalue weighted by Gasteiger charge is 2.37. The number of methoxy groups -OCH3 is 3. The van der Waals surface area contributed by atoms with Gasteiger partial charge in [0.25, 0.3) is 0 Å². The molecule has 0 aliphatic carbocycles. The molecule has 1 aromatic heterocycles. The predicted molar refractivity (Wildman–Crippen MR) is 125 cm³/mol. The lowest BCUT2D eigenvalue weighted by molar-refractivity contribution is 0.0928. The third kappa shape index (κ3) is 6.07. The van der Waals surface area contributed by atoms with Gasteiger partial charge in [-0.3, -0.25) is 0 Å². The molecule has 0 aliphatic rings. The molecule has 0 radical (unpaired) electrons. The van der Waals surface area contributed by atoms with Gasteiger partial charge in [0, 0.05) is 20.2 Å². The van der Waals surface area contributed by atoms with E-state index in [-0.39, 0.29) is 18.9 Å². The Labute approximate surface area is 199 Å². The Morgan fingerprint density at radius 1 is 0.853 bits per heavy atom. The normalized spacial score (nSPS) is 13.5. The van der Waals surface area contributed by atoms with Crippen LogP contribution >= 0.6 is 0 Å². The zero-order valence-electron chi connectivity index (χ0n) is 19.5. The molecule has 0 amide bonds. The molecule has 0 spiro atoms. The van der Waals surface area contributed by atoms with Crippen LogP contribution < -0.4 is 9.47 Å². The molecular weight excluding hydrogens is 461 g/mol. The third-order valence-corrected chi connectivity index (χ3v) is 7.61. The first kappa shape index (κ1) is 25.5. The Kier molecular flexibility index (Phi) is 8.54. The number of hydrogen-bond acceptors (Lipinski definition) is 7. The highest BCUT2D eigenvalue weighted by molar-refractivity contribution is 7.89. The van der Waals surface area contributed by atoms with Crippen molar-refractivity contribution in [2.75, 3.05) is 21.3 Å². The van der Waals surface area contributed by atoms with E-state index in [9.17, 15) is 12.8 Å². The summed E-state index contributed by atoms with van der Waals surface area (Å²) in [4.78, 5) is 7.86. The van der Waals surface area contributed by atoms with E-state index < -0.39 is 27.2 Å². The molecule has 2 atom stereocenters. The number of halogens is 1. The van der Waals surface area contributed by atoms with E-state index in [0.717, 1.165) is 23.5 Å². The molecule has 34 heavy (non-hydrogen) atoms. The summed E-state index contributed by atoms with van der Waals surface area (Å²) < 4.78 is 58.1. The van der Waals surface area contributed by atoms with Gasteiger partial charge >= 0.3 is 0 Å². The monoisotopic (exact) mass is 489 g/mol. The molecule has 1 heterocycles. The maximum atomic E-state index is 13.8. The molecule has 2 aromatic carbocycles. The van der Waals surface area contributed by atoms with Crippen LogP contribution in [0.1, 0.15) is 30.0 Å². The standard InChI is InChI=1S/C24H28FN3O5S/c1-17(23(33-4)24-26-13-20(25)14-27-24)34(29,30)28(15-18-5-9-21(31-2)10-6-18)16-19-7-11-22(32-3)12-8-19/h5-14,17,23H,15-16H2,1-4H3/t17-,23+/m0/s1. The number of nitrogens with zero attached hydrogens (tertiary/aromatic N) is 3. The average Bonchev–Trinajstić information content (AvgIpc) is 2.86. The number of benzene rings is 2. The van der Waals surface area contributed by atoms with Crippen molar-refractivity contribution < 1.29 is 27.0 Å². The minimum Gasteiger partial charge on any atom is -0.497 e. The summed E-state index contributed by atoms with van der Waals surface area (Å²) in [6, 6.07) is 14.4. The molecule has 0 bridgehead atoms. The molecule has 8 nitrogen and oxygen atoms in total. The third-order valence-electron chi connectivity index (χ3n) is 5.44. The lowest BCUT2D eigenvalue weighted by Gasteiger charge is -2.29. The quantitative estimate of drug-likeness (QED) is 0.405. The molecule has 0 aliphatic heterocycles. The molecule has 0 saturated carbocycles. The van der Waals surface area contributed by atoms with Gasteiger partial charge in [-0.1, -0.05) is 24.3 Å². The van der Waals surface area contributed by atoms with Crippen molar-refractivity contribution in [3.63, 3.8) is 0 Å². The Bertz CT molecular complexity index is 1110. The molecule has 3 rings (SSSR count). The van der Waals surface area contributed by atoms with E-state index >= 15 is 0 Å². The SMILES string of the molecule is COc1ccc(CN(Cc2ccc(OC)cc2)S(=O)(=O)[C@@H](C)[C@@H](OC)c2ncc(F)cn2)cc1. The minimum absolute atomic E-state index is 0.0915. The molecule has 0 N–H and O–H groups in total. The number of sulfonamides is 1. The summed E-state index contributed by atoms with van der Waals surface area (Å²) in [6.07, 6.45) is 0.986. The van der Waals surface area contributed by atoms with Crippen molar-refractivity contribution in [1.29, 1.82) is 0 Å². The molecule has 0 fully saturated rings. The summed E-state index contributed by atoms with van der Waals surface area (Å²) in [7, 11) is 0.587. The number of hydrogen-bond donors (Lipinski definition) is 0. The first-order chi connectivity index (χ1) is 16.3. The summed E-state index contributed by atoms with van der Waals surface area (Å²) in [5.74, 6) is 0.827. The first-order valence-electron chi connectivity index (χ1n) is 10.5. The van der Waals surface area contributed by atoms with Crippen LogP contribution in [0.25, 0.3) is 0 Å². The molecule has 3 aromatic rings. The van der Waals surface area contributed by atoms with Crippen LogP contribution in [0.3, 0.4) is 0 Å². The average molecular weight is 490 g/mol. The maximum Gasteiger partial charge on any atom is 0.220 e. The summed E-state index contributed by atoms with van der Waals surface area (Å²) >= 11 is 0.